The van der Waals surface area contributed by atoms with Gasteiger partial charge < -0.3 is 4.74 Å². The minimum absolute atomic E-state index is 0.315. The lowest BCUT2D eigenvalue weighted by atomic mass is 10.1. The summed E-state index contributed by atoms with van der Waals surface area (Å²) in [5, 5.41) is 4.38. The highest BCUT2D eigenvalue weighted by molar-refractivity contribution is 9.13. The second kappa shape index (κ2) is 6.54. The lowest BCUT2D eigenvalue weighted by Crippen LogP contribution is -2.25. The largest absolute Gasteiger partial charge is 0.464 e. The lowest BCUT2D eigenvalue weighted by molar-refractivity contribution is -0.146. The molecule has 0 aliphatic carbocycles. The normalized spacial score (nSPS) is 12.2. The second-order valence-electron chi connectivity index (χ2n) is 4.20. The van der Waals surface area contributed by atoms with Crippen molar-refractivity contribution in [2.45, 2.75) is 19.9 Å². The van der Waals surface area contributed by atoms with Crippen molar-refractivity contribution >= 4 is 37.8 Å². The van der Waals surface area contributed by atoms with Crippen LogP contribution >= 0.6 is 31.9 Å². The first kappa shape index (κ1) is 15.3. The van der Waals surface area contributed by atoms with Gasteiger partial charge in [-0.2, -0.15) is 5.10 Å². The van der Waals surface area contributed by atoms with Crippen LogP contribution in [0.2, 0.25) is 0 Å². The van der Waals surface area contributed by atoms with Crippen molar-refractivity contribution in [1.82, 2.24) is 9.78 Å². The number of rotatable bonds is 4. The van der Waals surface area contributed by atoms with Crippen molar-refractivity contribution in [3.8, 4) is 0 Å². The molecule has 6 heteroatoms. The van der Waals surface area contributed by atoms with E-state index in [4.69, 9.17) is 4.74 Å². The first-order valence-electron chi connectivity index (χ1n) is 6.18. The molecule has 0 spiro atoms. The third kappa shape index (κ3) is 2.96. The summed E-state index contributed by atoms with van der Waals surface area (Å²) < 4.78 is 8.36. The van der Waals surface area contributed by atoms with Crippen LogP contribution < -0.4 is 0 Å². The molecular weight excluding hydrogens is 388 g/mol. The van der Waals surface area contributed by atoms with Crippen molar-refractivity contribution in [2.24, 2.45) is 0 Å². The Hall–Kier alpha value is -1.14. The fraction of sp³-hybridized carbons (Fsp3) is 0.286. The van der Waals surface area contributed by atoms with Gasteiger partial charge in [0, 0.05) is 0 Å². The molecule has 0 radical (unpaired) electrons. The van der Waals surface area contributed by atoms with Gasteiger partial charge in [0.1, 0.15) is 4.60 Å². The van der Waals surface area contributed by atoms with Crippen LogP contribution in [-0.2, 0) is 9.53 Å². The summed E-state index contributed by atoms with van der Waals surface area (Å²) in [6, 6.07) is 8.90. The fourth-order valence-corrected chi connectivity index (χ4v) is 2.67. The number of aromatic nitrogens is 2. The molecule has 0 saturated heterocycles. The average molecular weight is 402 g/mol. The zero-order valence-electron chi connectivity index (χ0n) is 11.1. The number of carbonyl (C=O) groups excluding carboxylic acids is 1. The maximum atomic E-state index is 12.3. The molecule has 1 aromatic carbocycles. The van der Waals surface area contributed by atoms with Gasteiger partial charge in [-0.3, -0.25) is 0 Å². The molecule has 0 aliphatic heterocycles. The topological polar surface area (TPSA) is 44.1 Å². The third-order valence-corrected chi connectivity index (χ3v) is 4.94. The number of hydrogen-bond acceptors (Lipinski definition) is 3. The van der Waals surface area contributed by atoms with Gasteiger partial charge in [-0.15, -0.1) is 0 Å². The molecule has 1 aromatic heterocycles. The molecular formula is C14H14Br2N2O2. The van der Waals surface area contributed by atoms with Crippen molar-refractivity contribution in [2.75, 3.05) is 6.61 Å². The first-order valence-corrected chi connectivity index (χ1v) is 7.76. The molecule has 1 atom stereocenters. The monoisotopic (exact) mass is 400 g/mol. The second-order valence-corrected chi connectivity index (χ2v) is 5.74. The summed E-state index contributed by atoms with van der Waals surface area (Å²) in [6.45, 7) is 4.03. The Morgan fingerprint density at radius 2 is 2.00 bits per heavy atom. The van der Waals surface area contributed by atoms with E-state index in [0.717, 1.165) is 15.7 Å². The molecule has 20 heavy (non-hydrogen) atoms. The Balaban J connectivity index is 2.52. The quantitative estimate of drug-likeness (QED) is 0.730. The van der Waals surface area contributed by atoms with Crippen LogP contribution in [0.25, 0.3) is 0 Å². The van der Waals surface area contributed by atoms with Crippen LogP contribution in [0.5, 0.6) is 0 Å². The van der Waals surface area contributed by atoms with E-state index in [0.29, 0.717) is 11.2 Å². The van der Waals surface area contributed by atoms with Crippen LogP contribution in [0.15, 0.2) is 39.4 Å². The predicted molar refractivity (Wildman–Crippen MR) is 83.6 cm³/mol. The molecule has 106 valence electrons. The number of benzene rings is 1. The SMILES string of the molecule is CCOC(=O)C(c1ccccc1)n1nc(Br)c(Br)c1C. The van der Waals surface area contributed by atoms with E-state index in [1.807, 2.05) is 37.3 Å². The standard InChI is InChI=1S/C14H14Br2N2O2/c1-3-20-14(19)12(10-7-5-4-6-8-10)18-9(2)11(15)13(16)17-18/h4-8,12H,3H2,1-2H3. The Morgan fingerprint density at radius 3 is 2.50 bits per heavy atom. The Kier molecular flexibility index (Phi) is 4.99. The lowest BCUT2D eigenvalue weighted by Gasteiger charge is -2.18. The van der Waals surface area contributed by atoms with Gasteiger partial charge in [-0.25, -0.2) is 9.48 Å². The zero-order valence-corrected chi connectivity index (χ0v) is 14.3. The zero-order chi connectivity index (χ0) is 14.7. The smallest absolute Gasteiger partial charge is 0.335 e. The molecule has 0 fully saturated rings. The van der Waals surface area contributed by atoms with Gasteiger partial charge in [0.2, 0.25) is 0 Å². The Morgan fingerprint density at radius 1 is 1.35 bits per heavy atom. The van der Waals surface area contributed by atoms with E-state index in [2.05, 4.69) is 37.0 Å². The van der Waals surface area contributed by atoms with Gasteiger partial charge >= 0.3 is 5.97 Å². The van der Waals surface area contributed by atoms with E-state index in [1.165, 1.54) is 0 Å². The van der Waals surface area contributed by atoms with Gasteiger partial charge in [0.25, 0.3) is 0 Å². The molecule has 4 nitrogen and oxygen atoms in total. The van der Waals surface area contributed by atoms with Crippen molar-refractivity contribution < 1.29 is 9.53 Å². The maximum Gasteiger partial charge on any atom is 0.335 e. The van der Waals surface area contributed by atoms with E-state index in [9.17, 15) is 4.79 Å². The van der Waals surface area contributed by atoms with E-state index >= 15 is 0 Å². The molecule has 0 aliphatic rings. The first-order chi connectivity index (χ1) is 9.56. The number of carbonyl (C=O) groups is 1. The molecule has 1 heterocycles. The fourth-order valence-electron chi connectivity index (χ4n) is 1.95. The highest BCUT2D eigenvalue weighted by Crippen LogP contribution is 2.30. The number of nitrogens with zero attached hydrogens (tertiary/aromatic N) is 2. The molecule has 2 rings (SSSR count). The van der Waals surface area contributed by atoms with Gasteiger partial charge in [-0.05, 0) is 51.3 Å². The van der Waals surface area contributed by atoms with Gasteiger partial charge in [-0.1, -0.05) is 30.3 Å². The number of halogens is 2. The van der Waals surface area contributed by atoms with Crippen molar-refractivity contribution in [3.63, 3.8) is 0 Å². The molecule has 2 aromatic rings. The molecule has 0 N–H and O–H groups in total. The molecule has 0 saturated carbocycles. The molecule has 0 amide bonds. The van der Waals surface area contributed by atoms with E-state index < -0.39 is 6.04 Å². The maximum absolute atomic E-state index is 12.3. The Bertz CT molecular complexity index is 611. The van der Waals surface area contributed by atoms with Gasteiger partial charge in [0.05, 0.1) is 16.8 Å². The van der Waals surface area contributed by atoms with E-state index in [1.54, 1.807) is 11.6 Å². The molecule has 0 bridgehead atoms. The van der Waals surface area contributed by atoms with E-state index in [-0.39, 0.29) is 5.97 Å². The van der Waals surface area contributed by atoms with Crippen LogP contribution in [0.1, 0.15) is 24.2 Å². The number of esters is 1. The minimum atomic E-state index is -0.584. The van der Waals surface area contributed by atoms with Crippen LogP contribution in [0.4, 0.5) is 0 Å². The molecule has 1 unspecified atom stereocenters. The summed E-state index contributed by atoms with van der Waals surface area (Å²) in [6.07, 6.45) is 0. The Labute approximate surface area is 134 Å². The van der Waals surface area contributed by atoms with Crippen molar-refractivity contribution in [1.29, 1.82) is 0 Å². The minimum Gasteiger partial charge on any atom is -0.464 e. The summed E-state index contributed by atoms with van der Waals surface area (Å²) in [4.78, 5) is 12.3. The average Bonchev–Trinajstić information content (AvgIpc) is 2.69. The predicted octanol–water partition coefficient (Wildman–Crippen LogP) is 3.87. The van der Waals surface area contributed by atoms with Crippen LogP contribution in [0, 0.1) is 6.92 Å². The van der Waals surface area contributed by atoms with Crippen LogP contribution in [-0.4, -0.2) is 22.4 Å². The summed E-state index contributed by atoms with van der Waals surface area (Å²) in [5.41, 5.74) is 1.70. The summed E-state index contributed by atoms with van der Waals surface area (Å²) in [7, 11) is 0. The highest BCUT2D eigenvalue weighted by Gasteiger charge is 2.27. The van der Waals surface area contributed by atoms with Gasteiger partial charge in [0.15, 0.2) is 6.04 Å². The summed E-state index contributed by atoms with van der Waals surface area (Å²) >= 11 is 6.81. The van der Waals surface area contributed by atoms with Crippen molar-refractivity contribution in [3.05, 3.63) is 50.7 Å². The number of ether oxygens (including phenoxy) is 1. The number of hydrogen-bond donors (Lipinski definition) is 0. The third-order valence-electron chi connectivity index (χ3n) is 2.91. The highest BCUT2D eigenvalue weighted by atomic mass is 79.9. The summed E-state index contributed by atoms with van der Waals surface area (Å²) in [5.74, 6) is -0.315. The van der Waals surface area contributed by atoms with Crippen LogP contribution in [0.3, 0.4) is 0 Å².